The van der Waals surface area contributed by atoms with Crippen LogP contribution in [0.2, 0.25) is 0 Å². The predicted octanol–water partition coefficient (Wildman–Crippen LogP) is 3.00. The van der Waals surface area contributed by atoms with Gasteiger partial charge in [0.2, 0.25) is 5.91 Å². The van der Waals surface area contributed by atoms with Crippen LogP contribution < -0.4 is 16.5 Å². The summed E-state index contributed by atoms with van der Waals surface area (Å²) < 4.78 is 3.35. The van der Waals surface area contributed by atoms with E-state index < -0.39 is 0 Å². The molecule has 0 bridgehead atoms. The number of nitrogens with zero attached hydrogens (tertiary/aromatic N) is 2. The number of para-hydroxylation sites is 2. The highest BCUT2D eigenvalue weighted by Crippen LogP contribution is 2.22. The van der Waals surface area contributed by atoms with Crippen molar-refractivity contribution in [3.05, 3.63) is 56.1 Å². The van der Waals surface area contributed by atoms with Crippen LogP contribution in [-0.2, 0) is 24.3 Å². The number of benzene rings is 1. The molecule has 8 heteroatoms. The largest absolute Gasteiger partial charge is 0.329 e. The third kappa shape index (κ3) is 4.42. The molecular weight excluding hydrogens is 388 g/mol. The van der Waals surface area contributed by atoms with Crippen molar-refractivity contribution in [2.45, 2.75) is 53.1 Å². The lowest BCUT2D eigenvalue weighted by Crippen LogP contribution is -2.41. The van der Waals surface area contributed by atoms with E-state index in [-0.39, 0.29) is 30.5 Å². The first-order chi connectivity index (χ1) is 14.0. The van der Waals surface area contributed by atoms with E-state index in [0.717, 1.165) is 34.3 Å². The van der Waals surface area contributed by atoms with Crippen LogP contribution in [0.5, 0.6) is 0 Å². The summed E-state index contributed by atoms with van der Waals surface area (Å²) in [5.41, 5.74) is 7.54. The Kier molecular flexibility index (Phi) is 6.53. The van der Waals surface area contributed by atoms with Gasteiger partial charge in [-0.2, -0.15) is 0 Å². The molecule has 2 aromatic heterocycles. The van der Waals surface area contributed by atoms with Crippen LogP contribution in [0.1, 0.15) is 46.8 Å². The Hall–Kier alpha value is -2.87. The molecule has 0 saturated carbocycles. The van der Waals surface area contributed by atoms with Crippen molar-refractivity contribution in [1.82, 2.24) is 20.0 Å². The van der Waals surface area contributed by atoms with Crippen LogP contribution in [0.4, 0.5) is 0 Å². The maximum Gasteiger partial charge on any atom is 0.329 e. The summed E-state index contributed by atoms with van der Waals surface area (Å²) in [4.78, 5) is 38.9. The third-order valence-corrected chi connectivity index (χ3v) is 6.20. The minimum absolute atomic E-state index is 0.0873. The van der Waals surface area contributed by atoms with E-state index in [2.05, 4.69) is 10.9 Å². The lowest BCUT2D eigenvalue weighted by Gasteiger charge is -2.07. The molecule has 0 atom stereocenters. The molecule has 29 heavy (non-hydrogen) atoms. The quantitative estimate of drug-likeness (QED) is 0.583. The zero-order valence-electron chi connectivity index (χ0n) is 16.9. The number of nitrogens with one attached hydrogen (secondary N) is 2. The number of amides is 2. The number of hydrogen-bond donors (Lipinski definition) is 2. The molecule has 3 rings (SSSR count). The first kappa shape index (κ1) is 20.9. The molecule has 0 fully saturated rings. The summed E-state index contributed by atoms with van der Waals surface area (Å²) in [5.74, 6) is -0.676. The number of imidazole rings is 1. The SMILES string of the molecule is CCCn1c(=O)n(CCC(=O)NNC(=O)c2cc(C)c(CC)s2)c2ccccc21. The summed E-state index contributed by atoms with van der Waals surface area (Å²) in [6, 6.07) is 9.40. The lowest BCUT2D eigenvalue weighted by molar-refractivity contribution is -0.122. The highest BCUT2D eigenvalue weighted by molar-refractivity contribution is 7.14. The van der Waals surface area contributed by atoms with Crippen molar-refractivity contribution in [2.24, 2.45) is 0 Å². The summed E-state index contributed by atoms with van der Waals surface area (Å²) in [5, 5.41) is 0. The Morgan fingerprint density at radius 3 is 2.28 bits per heavy atom. The molecule has 2 heterocycles. The van der Waals surface area contributed by atoms with Gasteiger partial charge in [0.05, 0.1) is 15.9 Å². The normalized spacial score (nSPS) is 11.0. The molecule has 0 saturated heterocycles. The number of hydrogen-bond acceptors (Lipinski definition) is 4. The number of rotatable bonds is 7. The molecule has 0 aliphatic rings. The first-order valence-corrected chi connectivity index (χ1v) is 10.6. The van der Waals surface area contributed by atoms with Crippen LogP contribution >= 0.6 is 11.3 Å². The van der Waals surface area contributed by atoms with Gasteiger partial charge in [-0.05, 0) is 43.5 Å². The van der Waals surface area contributed by atoms with E-state index in [1.54, 1.807) is 9.13 Å². The summed E-state index contributed by atoms with van der Waals surface area (Å²) >= 11 is 1.43. The molecule has 0 aliphatic carbocycles. The summed E-state index contributed by atoms with van der Waals surface area (Å²) in [6.07, 6.45) is 1.81. The monoisotopic (exact) mass is 414 g/mol. The minimum atomic E-state index is -0.346. The van der Waals surface area contributed by atoms with Crippen LogP contribution in [0, 0.1) is 6.92 Å². The second-order valence-corrected chi connectivity index (χ2v) is 8.03. The maximum absolute atomic E-state index is 12.7. The topological polar surface area (TPSA) is 85.1 Å². The molecular formula is C21H26N4O3S. The average Bonchev–Trinajstić information content (AvgIpc) is 3.23. The maximum atomic E-state index is 12.7. The van der Waals surface area contributed by atoms with E-state index in [9.17, 15) is 14.4 Å². The summed E-state index contributed by atoms with van der Waals surface area (Å²) in [7, 11) is 0. The number of thiophene rings is 1. The Bertz CT molecular complexity index is 1090. The van der Waals surface area contributed by atoms with Crippen LogP contribution in [0.25, 0.3) is 11.0 Å². The fraction of sp³-hybridized carbons (Fsp3) is 0.381. The Balaban J connectivity index is 1.63. The molecule has 0 unspecified atom stereocenters. The molecule has 2 N–H and O–H groups in total. The molecule has 7 nitrogen and oxygen atoms in total. The Labute approximate surface area is 173 Å². The molecule has 154 valence electrons. The fourth-order valence-corrected chi connectivity index (χ4v) is 4.38. The number of aryl methyl sites for hydroxylation is 4. The predicted molar refractivity (Wildman–Crippen MR) is 115 cm³/mol. The van der Waals surface area contributed by atoms with Crippen molar-refractivity contribution < 1.29 is 9.59 Å². The van der Waals surface area contributed by atoms with E-state index in [0.29, 0.717) is 11.4 Å². The van der Waals surface area contributed by atoms with Gasteiger partial charge in [-0.1, -0.05) is 26.0 Å². The van der Waals surface area contributed by atoms with Crippen molar-refractivity contribution in [1.29, 1.82) is 0 Å². The van der Waals surface area contributed by atoms with Gasteiger partial charge >= 0.3 is 5.69 Å². The van der Waals surface area contributed by atoms with Crippen molar-refractivity contribution >= 4 is 34.2 Å². The molecule has 0 radical (unpaired) electrons. The highest BCUT2D eigenvalue weighted by Gasteiger charge is 2.15. The van der Waals surface area contributed by atoms with Crippen LogP contribution in [-0.4, -0.2) is 20.9 Å². The van der Waals surface area contributed by atoms with Gasteiger partial charge in [0.25, 0.3) is 5.91 Å². The van der Waals surface area contributed by atoms with E-state index in [4.69, 9.17) is 0 Å². The van der Waals surface area contributed by atoms with Gasteiger partial charge in [0, 0.05) is 24.4 Å². The van der Waals surface area contributed by atoms with Gasteiger partial charge in [-0.15, -0.1) is 11.3 Å². The second kappa shape index (κ2) is 9.09. The molecule has 2 amide bonds. The average molecular weight is 415 g/mol. The summed E-state index contributed by atoms with van der Waals surface area (Å²) in [6.45, 7) is 6.91. The van der Waals surface area contributed by atoms with Crippen molar-refractivity contribution in [3.8, 4) is 0 Å². The van der Waals surface area contributed by atoms with Gasteiger partial charge in [0.1, 0.15) is 0 Å². The number of hydrazine groups is 1. The van der Waals surface area contributed by atoms with Gasteiger partial charge < -0.3 is 0 Å². The van der Waals surface area contributed by atoms with Gasteiger partial charge in [-0.3, -0.25) is 29.6 Å². The van der Waals surface area contributed by atoms with E-state index >= 15 is 0 Å². The second-order valence-electron chi connectivity index (χ2n) is 6.90. The molecule has 0 aliphatic heterocycles. The smallest absolute Gasteiger partial charge is 0.292 e. The van der Waals surface area contributed by atoms with Crippen molar-refractivity contribution in [3.63, 3.8) is 0 Å². The fourth-order valence-electron chi connectivity index (χ4n) is 3.37. The van der Waals surface area contributed by atoms with E-state index in [1.165, 1.54) is 11.3 Å². The van der Waals surface area contributed by atoms with Crippen LogP contribution in [0.15, 0.2) is 35.1 Å². The zero-order chi connectivity index (χ0) is 21.0. The number of carbonyl (C=O) groups is 2. The highest BCUT2D eigenvalue weighted by atomic mass is 32.1. The zero-order valence-corrected chi connectivity index (χ0v) is 17.8. The lowest BCUT2D eigenvalue weighted by atomic mass is 10.2. The minimum Gasteiger partial charge on any atom is -0.292 e. The van der Waals surface area contributed by atoms with Gasteiger partial charge in [-0.25, -0.2) is 4.79 Å². The van der Waals surface area contributed by atoms with Crippen LogP contribution in [0.3, 0.4) is 0 Å². The molecule has 1 aromatic carbocycles. The number of fused-ring (bicyclic) bond motifs is 1. The molecule has 0 spiro atoms. The van der Waals surface area contributed by atoms with E-state index in [1.807, 2.05) is 51.1 Å². The third-order valence-electron chi connectivity index (χ3n) is 4.82. The first-order valence-electron chi connectivity index (χ1n) is 9.82. The van der Waals surface area contributed by atoms with Gasteiger partial charge in [0.15, 0.2) is 0 Å². The number of carbonyl (C=O) groups excluding carboxylic acids is 2. The molecule has 3 aromatic rings. The van der Waals surface area contributed by atoms with Crippen molar-refractivity contribution in [2.75, 3.05) is 0 Å². The number of aromatic nitrogens is 2. The standard InChI is InChI=1S/C21H26N4O3S/c1-4-11-24-15-8-6-7-9-16(15)25(21(24)28)12-10-19(26)22-23-20(27)18-13-14(3)17(5-2)29-18/h6-9,13H,4-5,10-12H2,1-3H3,(H,22,26)(H,23,27). The Morgan fingerprint density at radius 1 is 1.03 bits per heavy atom. The Morgan fingerprint density at radius 2 is 1.69 bits per heavy atom.